The van der Waals surface area contributed by atoms with E-state index in [1.54, 1.807) is 13.8 Å². The first kappa shape index (κ1) is 15.9. The second kappa shape index (κ2) is 8.95. The lowest BCUT2D eigenvalue weighted by atomic mass is 10.3. The first-order valence-electron chi connectivity index (χ1n) is 6.01. The maximum atomic E-state index is 11.5. The Bertz CT molecular complexity index is 246. The van der Waals surface area contributed by atoms with E-state index in [-0.39, 0.29) is 11.9 Å². The third kappa shape index (κ3) is 7.70. The highest BCUT2D eigenvalue weighted by Crippen LogP contribution is 1.84. The van der Waals surface area contributed by atoms with Crippen molar-refractivity contribution < 1.29 is 9.59 Å². The minimum Gasteiger partial charge on any atom is -0.338 e. The molecule has 0 aromatic heterocycles. The molecule has 0 radical (unpaired) electrons. The Hall–Kier alpha value is -1.14. The zero-order valence-electron chi connectivity index (χ0n) is 11.2. The molecule has 0 aliphatic heterocycles. The second-order valence-corrected chi connectivity index (χ2v) is 3.92. The Morgan fingerprint density at radius 3 is 2.47 bits per heavy atom. The third-order valence-electron chi connectivity index (χ3n) is 2.45. The quantitative estimate of drug-likeness (QED) is 0.578. The van der Waals surface area contributed by atoms with Gasteiger partial charge in [-0.3, -0.25) is 10.1 Å². The summed E-state index contributed by atoms with van der Waals surface area (Å²) in [6, 6.07) is -0.820. The summed E-state index contributed by atoms with van der Waals surface area (Å²) in [5.74, 6) is -0.310. The Balaban J connectivity index is 3.78. The fraction of sp³-hybridized carbons (Fsp3) is 0.818. The summed E-state index contributed by atoms with van der Waals surface area (Å²) in [5.41, 5.74) is 0. The molecule has 0 aliphatic rings. The standard InChI is InChI=1S/C11H24N4O2/c1-5-12-11(17)14-10(16)9(3)13-7-8-15(4)6-2/h9,13H,5-8H2,1-4H3,(H2,12,14,16,17). The summed E-state index contributed by atoms with van der Waals surface area (Å²) < 4.78 is 0. The van der Waals surface area contributed by atoms with Crippen LogP contribution < -0.4 is 16.0 Å². The first-order chi connectivity index (χ1) is 8.01. The molecule has 1 atom stereocenters. The fourth-order valence-electron chi connectivity index (χ4n) is 1.15. The van der Waals surface area contributed by atoms with Gasteiger partial charge in [0.1, 0.15) is 0 Å². The molecule has 0 bridgehead atoms. The van der Waals surface area contributed by atoms with Gasteiger partial charge in [-0.05, 0) is 27.4 Å². The minimum absolute atomic E-state index is 0.310. The molecule has 0 aliphatic carbocycles. The molecule has 6 nitrogen and oxygen atoms in total. The Kier molecular flexibility index (Phi) is 8.35. The van der Waals surface area contributed by atoms with E-state index in [0.29, 0.717) is 13.1 Å². The average molecular weight is 244 g/mol. The van der Waals surface area contributed by atoms with E-state index in [0.717, 1.165) is 13.1 Å². The number of imide groups is 1. The van der Waals surface area contributed by atoms with Gasteiger partial charge in [-0.2, -0.15) is 0 Å². The number of nitrogens with one attached hydrogen (secondary N) is 3. The van der Waals surface area contributed by atoms with Crippen LogP contribution in [0.1, 0.15) is 20.8 Å². The van der Waals surface area contributed by atoms with Crippen LogP contribution in [0.25, 0.3) is 0 Å². The third-order valence-corrected chi connectivity index (χ3v) is 2.45. The van der Waals surface area contributed by atoms with Crippen molar-refractivity contribution in [2.24, 2.45) is 0 Å². The number of rotatable bonds is 7. The molecule has 3 amide bonds. The fourth-order valence-corrected chi connectivity index (χ4v) is 1.15. The number of hydrogen-bond donors (Lipinski definition) is 3. The molecule has 0 saturated heterocycles. The molecular formula is C11H24N4O2. The molecule has 6 heteroatoms. The number of likely N-dealkylation sites (N-methyl/N-ethyl adjacent to an activating group) is 1. The molecule has 0 fully saturated rings. The van der Waals surface area contributed by atoms with Crippen LogP contribution in [0.4, 0.5) is 4.79 Å². The lowest BCUT2D eigenvalue weighted by Crippen LogP contribution is -2.49. The normalized spacial score (nSPS) is 12.3. The molecular weight excluding hydrogens is 220 g/mol. The molecule has 17 heavy (non-hydrogen) atoms. The zero-order chi connectivity index (χ0) is 13.3. The van der Waals surface area contributed by atoms with E-state index >= 15 is 0 Å². The van der Waals surface area contributed by atoms with Crippen molar-refractivity contribution in [3.05, 3.63) is 0 Å². The van der Waals surface area contributed by atoms with Crippen molar-refractivity contribution in [1.29, 1.82) is 0 Å². The summed E-state index contributed by atoms with van der Waals surface area (Å²) in [5, 5.41) is 7.84. The maximum absolute atomic E-state index is 11.5. The van der Waals surface area contributed by atoms with Crippen molar-refractivity contribution in [1.82, 2.24) is 20.9 Å². The number of nitrogens with zero attached hydrogens (tertiary/aromatic N) is 1. The Morgan fingerprint density at radius 2 is 1.94 bits per heavy atom. The summed E-state index contributed by atoms with van der Waals surface area (Å²) >= 11 is 0. The average Bonchev–Trinajstić information content (AvgIpc) is 2.28. The monoisotopic (exact) mass is 244 g/mol. The topological polar surface area (TPSA) is 73.5 Å². The maximum Gasteiger partial charge on any atom is 0.321 e. The van der Waals surface area contributed by atoms with Gasteiger partial charge < -0.3 is 15.5 Å². The molecule has 0 rings (SSSR count). The van der Waals surface area contributed by atoms with Crippen molar-refractivity contribution in [2.75, 3.05) is 33.2 Å². The number of hydrogen-bond acceptors (Lipinski definition) is 4. The number of carbonyl (C=O) groups is 2. The van der Waals surface area contributed by atoms with Gasteiger partial charge in [0.15, 0.2) is 0 Å². The van der Waals surface area contributed by atoms with Gasteiger partial charge in [-0.15, -0.1) is 0 Å². The lowest BCUT2D eigenvalue weighted by molar-refractivity contribution is -0.121. The van der Waals surface area contributed by atoms with Crippen molar-refractivity contribution in [3.8, 4) is 0 Å². The van der Waals surface area contributed by atoms with E-state index < -0.39 is 6.03 Å². The molecule has 0 heterocycles. The summed E-state index contributed by atoms with van der Waals surface area (Å²) in [4.78, 5) is 24.8. The molecule has 0 aromatic rings. The number of carbonyl (C=O) groups excluding carboxylic acids is 2. The molecule has 1 unspecified atom stereocenters. The molecule has 0 saturated carbocycles. The van der Waals surface area contributed by atoms with E-state index in [4.69, 9.17) is 0 Å². The van der Waals surface area contributed by atoms with Gasteiger partial charge in [0.25, 0.3) is 0 Å². The number of urea groups is 1. The summed E-state index contributed by atoms with van der Waals surface area (Å²) in [6.45, 7) is 8.67. The van der Waals surface area contributed by atoms with Crippen LogP contribution in [-0.2, 0) is 4.79 Å². The molecule has 0 spiro atoms. The van der Waals surface area contributed by atoms with Gasteiger partial charge in [0.2, 0.25) is 5.91 Å². The second-order valence-electron chi connectivity index (χ2n) is 3.92. The lowest BCUT2D eigenvalue weighted by Gasteiger charge is -2.17. The highest BCUT2D eigenvalue weighted by molar-refractivity contribution is 5.96. The van der Waals surface area contributed by atoms with Gasteiger partial charge >= 0.3 is 6.03 Å². The minimum atomic E-state index is -0.447. The van der Waals surface area contributed by atoms with Crippen LogP contribution >= 0.6 is 0 Å². The van der Waals surface area contributed by atoms with Crippen LogP contribution in [0.15, 0.2) is 0 Å². The largest absolute Gasteiger partial charge is 0.338 e. The van der Waals surface area contributed by atoms with Crippen LogP contribution in [0, 0.1) is 0 Å². The predicted molar refractivity (Wildman–Crippen MR) is 67.9 cm³/mol. The van der Waals surface area contributed by atoms with Gasteiger partial charge in [-0.25, -0.2) is 4.79 Å². The van der Waals surface area contributed by atoms with E-state index in [9.17, 15) is 9.59 Å². The Morgan fingerprint density at radius 1 is 1.29 bits per heavy atom. The van der Waals surface area contributed by atoms with Gasteiger partial charge in [0.05, 0.1) is 6.04 Å². The van der Waals surface area contributed by atoms with Crippen LogP contribution in [0.5, 0.6) is 0 Å². The van der Waals surface area contributed by atoms with Crippen molar-refractivity contribution in [3.63, 3.8) is 0 Å². The SMILES string of the molecule is CCNC(=O)NC(=O)C(C)NCCN(C)CC. The van der Waals surface area contributed by atoms with Gasteiger partial charge in [0, 0.05) is 19.6 Å². The van der Waals surface area contributed by atoms with E-state index in [1.165, 1.54) is 0 Å². The highest BCUT2D eigenvalue weighted by atomic mass is 16.2. The smallest absolute Gasteiger partial charge is 0.321 e. The van der Waals surface area contributed by atoms with E-state index in [2.05, 4.69) is 27.8 Å². The molecule has 0 aromatic carbocycles. The summed E-state index contributed by atoms with van der Waals surface area (Å²) in [7, 11) is 2.01. The Labute approximate surface area is 103 Å². The molecule has 3 N–H and O–H groups in total. The van der Waals surface area contributed by atoms with Gasteiger partial charge in [-0.1, -0.05) is 6.92 Å². The van der Waals surface area contributed by atoms with Crippen LogP contribution in [0.2, 0.25) is 0 Å². The first-order valence-corrected chi connectivity index (χ1v) is 6.01. The summed E-state index contributed by atoms with van der Waals surface area (Å²) in [6.07, 6.45) is 0. The van der Waals surface area contributed by atoms with E-state index in [1.807, 2.05) is 7.05 Å². The zero-order valence-corrected chi connectivity index (χ0v) is 11.2. The number of amides is 3. The van der Waals surface area contributed by atoms with Crippen molar-refractivity contribution in [2.45, 2.75) is 26.8 Å². The van der Waals surface area contributed by atoms with Crippen LogP contribution in [-0.4, -0.2) is 56.1 Å². The van der Waals surface area contributed by atoms with Crippen LogP contribution in [0.3, 0.4) is 0 Å². The highest BCUT2D eigenvalue weighted by Gasteiger charge is 2.14. The van der Waals surface area contributed by atoms with Crippen molar-refractivity contribution >= 4 is 11.9 Å². The molecule has 100 valence electrons. The predicted octanol–water partition coefficient (Wildman–Crippen LogP) is -0.238.